The zero-order valence-electron chi connectivity index (χ0n) is 17.0. The minimum atomic E-state index is -0.483. The van der Waals surface area contributed by atoms with Crippen molar-refractivity contribution in [2.45, 2.75) is 10.9 Å². The SMILES string of the molecule is O=c1oc2ccccc2cc1-c1cn(-c2ccc(Cl)cc2)c(SCc2c(F)cccc2Cl)n1. The van der Waals surface area contributed by atoms with E-state index in [4.69, 9.17) is 27.6 Å². The molecule has 0 atom stereocenters. The molecule has 5 aromatic rings. The number of fused-ring (bicyclic) bond motifs is 1. The molecule has 2 aromatic heterocycles. The van der Waals surface area contributed by atoms with Crippen molar-refractivity contribution in [1.29, 1.82) is 0 Å². The Morgan fingerprint density at radius 3 is 2.58 bits per heavy atom. The third-order valence-electron chi connectivity index (χ3n) is 5.10. The lowest BCUT2D eigenvalue weighted by Crippen LogP contribution is -2.02. The van der Waals surface area contributed by atoms with E-state index in [0.717, 1.165) is 11.1 Å². The van der Waals surface area contributed by atoms with Crippen LogP contribution in [0.4, 0.5) is 4.39 Å². The molecule has 2 heterocycles. The number of halogens is 3. The van der Waals surface area contributed by atoms with Gasteiger partial charge in [-0.05, 0) is 48.5 Å². The number of hydrogen-bond acceptors (Lipinski definition) is 4. The number of rotatable bonds is 5. The van der Waals surface area contributed by atoms with E-state index in [9.17, 15) is 9.18 Å². The summed E-state index contributed by atoms with van der Waals surface area (Å²) in [4.78, 5) is 17.4. The van der Waals surface area contributed by atoms with Crippen molar-refractivity contribution < 1.29 is 8.81 Å². The lowest BCUT2D eigenvalue weighted by atomic mass is 10.1. The molecular formula is C25H15Cl2FN2O2S. The highest BCUT2D eigenvalue weighted by atomic mass is 35.5. The van der Waals surface area contributed by atoms with Gasteiger partial charge in [0.25, 0.3) is 0 Å². The Bertz CT molecular complexity index is 1510. The number of thioether (sulfide) groups is 1. The van der Waals surface area contributed by atoms with Gasteiger partial charge >= 0.3 is 5.63 Å². The van der Waals surface area contributed by atoms with Gasteiger partial charge in [-0.3, -0.25) is 4.57 Å². The van der Waals surface area contributed by atoms with E-state index < -0.39 is 5.63 Å². The van der Waals surface area contributed by atoms with E-state index in [0.29, 0.717) is 37.6 Å². The number of para-hydroxylation sites is 1. The maximum Gasteiger partial charge on any atom is 0.345 e. The number of aromatic nitrogens is 2. The largest absolute Gasteiger partial charge is 0.422 e. The molecule has 33 heavy (non-hydrogen) atoms. The molecule has 0 radical (unpaired) electrons. The van der Waals surface area contributed by atoms with Crippen LogP contribution in [0.3, 0.4) is 0 Å². The summed E-state index contributed by atoms with van der Waals surface area (Å²) in [7, 11) is 0. The van der Waals surface area contributed by atoms with Gasteiger partial charge in [0.05, 0.1) is 11.3 Å². The van der Waals surface area contributed by atoms with Gasteiger partial charge in [0.1, 0.15) is 11.4 Å². The third-order valence-corrected chi connectivity index (χ3v) is 6.69. The standard InChI is InChI=1S/C25H15Cl2FN2O2S/c26-16-8-10-17(11-9-16)30-13-22(18-12-15-4-1-2-7-23(15)32-24(18)31)29-25(30)33-14-19-20(27)5-3-6-21(19)28/h1-13H,14H2. The maximum absolute atomic E-state index is 14.3. The second-order valence-electron chi connectivity index (χ2n) is 7.23. The first-order chi connectivity index (χ1) is 16.0. The van der Waals surface area contributed by atoms with Crippen LogP contribution in [0.1, 0.15) is 5.56 Å². The van der Waals surface area contributed by atoms with E-state index in [2.05, 4.69) is 4.98 Å². The highest BCUT2D eigenvalue weighted by Crippen LogP contribution is 2.32. The van der Waals surface area contributed by atoms with E-state index in [-0.39, 0.29) is 11.6 Å². The Hall–Kier alpha value is -3.06. The second kappa shape index (κ2) is 9.06. The van der Waals surface area contributed by atoms with Crippen LogP contribution < -0.4 is 5.63 Å². The molecule has 0 aliphatic rings. The average molecular weight is 497 g/mol. The molecule has 5 rings (SSSR count). The van der Waals surface area contributed by atoms with E-state index in [1.165, 1.54) is 17.8 Å². The monoisotopic (exact) mass is 496 g/mol. The highest BCUT2D eigenvalue weighted by Gasteiger charge is 2.17. The first kappa shape index (κ1) is 21.8. The van der Waals surface area contributed by atoms with E-state index >= 15 is 0 Å². The zero-order chi connectivity index (χ0) is 22.9. The fraction of sp³-hybridized carbons (Fsp3) is 0.0400. The smallest absolute Gasteiger partial charge is 0.345 e. The summed E-state index contributed by atoms with van der Waals surface area (Å²) < 4.78 is 21.6. The molecule has 0 bridgehead atoms. The molecular weight excluding hydrogens is 482 g/mol. The minimum absolute atomic E-state index is 0.266. The Morgan fingerprint density at radius 2 is 1.79 bits per heavy atom. The summed E-state index contributed by atoms with van der Waals surface area (Å²) in [5.41, 5.74) is 2.00. The summed E-state index contributed by atoms with van der Waals surface area (Å²) in [5, 5.41) is 2.31. The third kappa shape index (κ3) is 4.42. The minimum Gasteiger partial charge on any atom is -0.422 e. The summed E-state index contributed by atoms with van der Waals surface area (Å²) in [6, 6.07) is 20.9. The first-order valence-corrected chi connectivity index (χ1v) is 11.7. The van der Waals surface area contributed by atoms with Crippen molar-refractivity contribution >= 4 is 45.9 Å². The molecule has 0 fully saturated rings. The van der Waals surface area contributed by atoms with Gasteiger partial charge in [0.15, 0.2) is 5.16 Å². The Morgan fingerprint density at radius 1 is 1.00 bits per heavy atom. The van der Waals surface area contributed by atoms with Crippen molar-refractivity contribution in [3.63, 3.8) is 0 Å². The molecule has 3 aromatic carbocycles. The molecule has 164 valence electrons. The molecule has 4 nitrogen and oxygen atoms in total. The van der Waals surface area contributed by atoms with Crippen LogP contribution in [0.15, 0.2) is 93.4 Å². The van der Waals surface area contributed by atoms with Gasteiger partial charge in [-0.1, -0.05) is 59.2 Å². The average Bonchev–Trinajstić information content (AvgIpc) is 3.22. The molecule has 0 spiro atoms. The van der Waals surface area contributed by atoms with Crippen molar-refractivity contribution in [2.75, 3.05) is 0 Å². The molecule has 0 unspecified atom stereocenters. The lowest BCUT2D eigenvalue weighted by molar-refractivity contribution is 0.563. The molecule has 8 heteroatoms. The van der Waals surface area contributed by atoms with E-state index in [1.807, 2.05) is 34.9 Å². The topological polar surface area (TPSA) is 48.0 Å². The summed E-state index contributed by atoms with van der Waals surface area (Å²) in [6.07, 6.45) is 1.76. The molecule has 0 saturated heterocycles. The van der Waals surface area contributed by atoms with Crippen molar-refractivity contribution in [3.8, 4) is 16.9 Å². The van der Waals surface area contributed by atoms with Crippen molar-refractivity contribution in [1.82, 2.24) is 9.55 Å². The Labute approximate surface area is 202 Å². The summed E-state index contributed by atoms with van der Waals surface area (Å²) in [6.45, 7) is 0. The predicted octanol–water partition coefficient (Wildman–Crippen LogP) is 7.38. The highest BCUT2D eigenvalue weighted by molar-refractivity contribution is 7.98. The van der Waals surface area contributed by atoms with Crippen LogP contribution in [0.5, 0.6) is 0 Å². The van der Waals surface area contributed by atoms with E-state index in [1.54, 1.807) is 42.6 Å². The van der Waals surface area contributed by atoms with Gasteiger partial charge in [-0.2, -0.15) is 0 Å². The fourth-order valence-electron chi connectivity index (χ4n) is 3.43. The fourth-order valence-corrected chi connectivity index (χ4v) is 4.89. The van der Waals surface area contributed by atoms with Crippen LogP contribution in [0, 0.1) is 5.82 Å². The Balaban J connectivity index is 1.60. The molecule has 0 saturated carbocycles. The van der Waals surface area contributed by atoms with Gasteiger partial charge in [-0.25, -0.2) is 14.2 Å². The van der Waals surface area contributed by atoms with Crippen LogP contribution in [-0.4, -0.2) is 9.55 Å². The Kier molecular flexibility index (Phi) is 5.98. The van der Waals surface area contributed by atoms with Gasteiger partial charge in [0, 0.05) is 38.6 Å². The molecule has 0 aliphatic heterocycles. The van der Waals surface area contributed by atoms with Crippen LogP contribution in [0.25, 0.3) is 27.9 Å². The normalized spacial score (nSPS) is 11.2. The van der Waals surface area contributed by atoms with Crippen LogP contribution in [-0.2, 0) is 5.75 Å². The zero-order valence-corrected chi connectivity index (χ0v) is 19.3. The van der Waals surface area contributed by atoms with Gasteiger partial charge in [0.2, 0.25) is 0 Å². The molecule has 0 aliphatic carbocycles. The first-order valence-electron chi connectivity index (χ1n) is 9.94. The van der Waals surface area contributed by atoms with Gasteiger partial charge in [-0.15, -0.1) is 0 Å². The van der Waals surface area contributed by atoms with Crippen molar-refractivity contribution in [3.05, 3.63) is 111 Å². The number of benzene rings is 3. The number of imidazole rings is 1. The number of nitrogens with zero attached hydrogens (tertiary/aromatic N) is 2. The van der Waals surface area contributed by atoms with Gasteiger partial charge < -0.3 is 4.42 Å². The summed E-state index contributed by atoms with van der Waals surface area (Å²) >= 11 is 13.6. The van der Waals surface area contributed by atoms with Crippen molar-refractivity contribution in [2.24, 2.45) is 0 Å². The lowest BCUT2D eigenvalue weighted by Gasteiger charge is -2.09. The predicted molar refractivity (Wildman–Crippen MR) is 131 cm³/mol. The quantitative estimate of drug-likeness (QED) is 0.188. The number of hydrogen-bond donors (Lipinski definition) is 0. The second-order valence-corrected chi connectivity index (χ2v) is 9.02. The molecule has 0 amide bonds. The van der Waals surface area contributed by atoms with Crippen LogP contribution >= 0.6 is 35.0 Å². The maximum atomic E-state index is 14.3. The molecule has 0 N–H and O–H groups in total. The van der Waals surface area contributed by atoms with Crippen LogP contribution in [0.2, 0.25) is 10.0 Å². The summed E-state index contributed by atoms with van der Waals surface area (Å²) in [5.74, 6) is -0.114.